The molecule has 2 aromatic carbocycles. The second-order valence-electron chi connectivity index (χ2n) is 3.89. The lowest BCUT2D eigenvalue weighted by Crippen LogP contribution is -2.11. The SMILES string of the molecule is COc1ccc(Oc2ccc(C(N)=O)cc2N)cc1. The van der Waals surface area contributed by atoms with E-state index in [4.69, 9.17) is 20.9 Å². The van der Waals surface area contributed by atoms with Gasteiger partial charge >= 0.3 is 0 Å². The van der Waals surface area contributed by atoms with Gasteiger partial charge in [0.25, 0.3) is 0 Å². The van der Waals surface area contributed by atoms with Crippen molar-refractivity contribution in [3.05, 3.63) is 48.0 Å². The van der Waals surface area contributed by atoms with E-state index in [1.807, 2.05) is 0 Å². The highest BCUT2D eigenvalue weighted by Crippen LogP contribution is 2.29. The lowest BCUT2D eigenvalue weighted by Gasteiger charge is -2.09. The van der Waals surface area contributed by atoms with E-state index in [-0.39, 0.29) is 0 Å². The molecular weight excluding hydrogens is 244 g/mol. The number of carbonyl (C=O) groups is 1. The van der Waals surface area contributed by atoms with E-state index in [1.54, 1.807) is 43.5 Å². The molecule has 98 valence electrons. The van der Waals surface area contributed by atoms with Crippen LogP contribution in [0.15, 0.2) is 42.5 Å². The van der Waals surface area contributed by atoms with Crippen molar-refractivity contribution in [3.8, 4) is 17.2 Å². The molecule has 0 aliphatic carbocycles. The van der Waals surface area contributed by atoms with Crippen LogP contribution >= 0.6 is 0 Å². The highest BCUT2D eigenvalue weighted by atomic mass is 16.5. The van der Waals surface area contributed by atoms with E-state index in [1.165, 1.54) is 6.07 Å². The number of methoxy groups -OCH3 is 1. The Labute approximate surface area is 110 Å². The third kappa shape index (κ3) is 2.95. The summed E-state index contributed by atoms with van der Waals surface area (Å²) >= 11 is 0. The number of hydrogen-bond donors (Lipinski definition) is 2. The van der Waals surface area contributed by atoms with Crippen LogP contribution in [0.4, 0.5) is 5.69 Å². The Morgan fingerprint density at radius 3 is 2.21 bits per heavy atom. The summed E-state index contributed by atoms with van der Waals surface area (Å²) in [4.78, 5) is 11.0. The zero-order valence-electron chi connectivity index (χ0n) is 10.4. The molecular formula is C14H14N2O3. The maximum absolute atomic E-state index is 11.0. The molecule has 0 atom stereocenters. The number of anilines is 1. The molecule has 4 N–H and O–H groups in total. The molecule has 0 aliphatic heterocycles. The molecule has 0 heterocycles. The average molecular weight is 258 g/mol. The Morgan fingerprint density at radius 1 is 1.05 bits per heavy atom. The summed E-state index contributed by atoms with van der Waals surface area (Å²) in [7, 11) is 1.59. The van der Waals surface area contributed by atoms with Gasteiger partial charge in [0.05, 0.1) is 12.8 Å². The maximum atomic E-state index is 11.0. The first-order valence-corrected chi connectivity index (χ1v) is 5.61. The van der Waals surface area contributed by atoms with Crippen molar-refractivity contribution in [1.29, 1.82) is 0 Å². The number of amides is 1. The van der Waals surface area contributed by atoms with Crippen LogP contribution < -0.4 is 20.9 Å². The van der Waals surface area contributed by atoms with Crippen LogP contribution in [0, 0.1) is 0 Å². The number of nitrogens with two attached hydrogens (primary N) is 2. The standard InChI is InChI=1S/C14H14N2O3/c1-18-10-3-5-11(6-4-10)19-13-7-2-9(14(16)17)8-12(13)15/h2-8H,15H2,1H3,(H2,16,17). The van der Waals surface area contributed by atoms with Crippen molar-refractivity contribution in [2.45, 2.75) is 0 Å². The molecule has 1 amide bonds. The number of nitrogen functional groups attached to an aromatic ring is 1. The minimum Gasteiger partial charge on any atom is -0.497 e. The van der Waals surface area contributed by atoms with Gasteiger partial charge in [-0.25, -0.2) is 0 Å². The predicted octanol–water partition coefficient (Wildman–Crippen LogP) is 2.17. The van der Waals surface area contributed by atoms with Crippen molar-refractivity contribution >= 4 is 11.6 Å². The summed E-state index contributed by atoms with van der Waals surface area (Å²) < 4.78 is 10.7. The van der Waals surface area contributed by atoms with Crippen LogP contribution in [-0.2, 0) is 0 Å². The van der Waals surface area contributed by atoms with Gasteiger partial charge in [0.15, 0.2) is 0 Å². The van der Waals surface area contributed by atoms with Crippen LogP contribution in [0.5, 0.6) is 17.2 Å². The van der Waals surface area contributed by atoms with Crippen LogP contribution in [0.2, 0.25) is 0 Å². The molecule has 19 heavy (non-hydrogen) atoms. The van der Waals surface area contributed by atoms with Crippen LogP contribution in [0.25, 0.3) is 0 Å². The lowest BCUT2D eigenvalue weighted by atomic mass is 10.2. The summed E-state index contributed by atoms with van der Waals surface area (Å²) in [6.07, 6.45) is 0. The smallest absolute Gasteiger partial charge is 0.248 e. The van der Waals surface area contributed by atoms with Gasteiger partial charge in [-0.2, -0.15) is 0 Å². The van der Waals surface area contributed by atoms with E-state index in [2.05, 4.69) is 0 Å². The van der Waals surface area contributed by atoms with E-state index in [9.17, 15) is 4.79 Å². The fraction of sp³-hybridized carbons (Fsp3) is 0.0714. The Kier molecular flexibility index (Phi) is 3.56. The van der Waals surface area contributed by atoms with Gasteiger partial charge in [0.2, 0.25) is 5.91 Å². The van der Waals surface area contributed by atoms with Crippen LogP contribution in [0.3, 0.4) is 0 Å². The first-order chi connectivity index (χ1) is 9.10. The topological polar surface area (TPSA) is 87.6 Å². The van der Waals surface area contributed by atoms with Crippen LogP contribution in [-0.4, -0.2) is 13.0 Å². The minimum absolute atomic E-state index is 0.347. The summed E-state index contributed by atoms with van der Waals surface area (Å²) in [6, 6.07) is 11.8. The van der Waals surface area contributed by atoms with Gasteiger partial charge in [-0.3, -0.25) is 4.79 Å². The molecule has 0 saturated carbocycles. The molecule has 2 aromatic rings. The summed E-state index contributed by atoms with van der Waals surface area (Å²) in [6.45, 7) is 0. The van der Waals surface area contributed by atoms with Crippen molar-refractivity contribution in [3.63, 3.8) is 0 Å². The van der Waals surface area contributed by atoms with Crippen molar-refractivity contribution in [1.82, 2.24) is 0 Å². The van der Waals surface area contributed by atoms with Crippen molar-refractivity contribution < 1.29 is 14.3 Å². The Hall–Kier alpha value is -2.69. The van der Waals surface area contributed by atoms with Gasteiger partial charge in [-0.05, 0) is 42.5 Å². The zero-order valence-corrected chi connectivity index (χ0v) is 10.4. The molecule has 0 bridgehead atoms. The van der Waals surface area contributed by atoms with Gasteiger partial charge in [-0.1, -0.05) is 0 Å². The van der Waals surface area contributed by atoms with Crippen molar-refractivity contribution in [2.24, 2.45) is 5.73 Å². The van der Waals surface area contributed by atoms with E-state index in [0.29, 0.717) is 22.7 Å². The largest absolute Gasteiger partial charge is 0.497 e. The molecule has 0 spiro atoms. The van der Waals surface area contributed by atoms with E-state index >= 15 is 0 Å². The highest BCUT2D eigenvalue weighted by Gasteiger charge is 2.06. The second-order valence-corrected chi connectivity index (χ2v) is 3.89. The average Bonchev–Trinajstić information content (AvgIpc) is 2.41. The first kappa shape index (κ1) is 12.8. The number of ether oxygens (including phenoxy) is 2. The first-order valence-electron chi connectivity index (χ1n) is 5.61. The van der Waals surface area contributed by atoms with Gasteiger partial charge in [0.1, 0.15) is 17.2 Å². The van der Waals surface area contributed by atoms with E-state index in [0.717, 1.165) is 5.75 Å². The predicted molar refractivity (Wildman–Crippen MR) is 72.4 cm³/mol. The molecule has 0 unspecified atom stereocenters. The maximum Gasteiger partial charge on any atom is 0.248 e. The quantitative estimate of drug-likeness (QED) is 0.823. The Morgan fingerprint density at radius 2 is 1.68 bits per heavy atom. The number of rotatable bonds is 4. The Bertz CT molecular complexity index is 594. The number of hydrogen-bond acceptors (Lipinski definition) is 4. The van der Waals surface area contributed by atoms with Gasteiger partial charge < -0.3 is 20.9 Å². The molecule has 2 rings (SSSR count). The molecule has 0 aromatic heterocycles. The fourth-order valence-corrected chi connectivity index (χ4v) is 1.57. The summed E-state index contributed by atoms with van der Waals surface area (Å²) in [5.41, 5.74) is 11.7. The van der Waals surface area contributed by atoms with Crippen LogP contribution in [0.1, 0.15) is 10.4 Å². The van der Waals surface area contributed by atoms with E-state index < -0.39 is 5.91 Å². The number of benzene rings is 2. The molecule has 0 aliphatic rings. The minimum atomic E-state index is -0.525. The molecule has 0 saturated heterocycles. The molecule has 0 radical (unpaired) electrons. The lowest BCUT2D eigenvalue weighted by molar-refractivity contribution is 0.100. The highest BCUT2D eigenvalue weighted by molar-refractivity contribution is 5.94. The number of carbonyl (C=O) groups excluding carboxylic acids is 1. The third-order valence-electron chi connectivity index (χ3n) is 2.58. The summed E-state index contributed by atoms with van der Waals surface area (Å²) in [5, 5.41) is 0. The zero-order chi connectivity index (χ0) is 13.8. The normalized spacial score (nSPS) is 9.95. The monoisotopic (exact) mass is 258 g/mol. The fourth-order valence-electron chi connectivity index (χ4n) is 1.57. The summed E-state index contributed by atoms with van der Waals surface area (Å²) in [5.74, 6) is 1.31. The molecule has 0 fully saturated rings. The Balaban J connectivity index is 2.20. The van der Waals surface area contributed by atoms with Gasteiger partial charge in [0, 0.05) is 5.56 Å². The molecule has 5 heteroatoms. The third-order valence-corrected chi connectivity index (χ3v) is 2.58. The van der Waals surface area contributed by atoms with Gasteiger partial charge in [-0.15, -0.1) is 0 Å². The second kappa shape index (κ2) is 5.30. The number of primary amides is 1. The van der Waals surface area contributed by atoms with Crippen molar-refractivity contribution in [2.75, 3.05) is 12.8 Å². The molecule has 5 nitrogen and oxygen atoms in total.